The molecule has 1 N–H and O–H groups in total. The molecule has 0 saturated carbocycles. The van der Waals surface area contributed by atoms with E-state index in [9.17, 15) is 23.2 Å². The number of benzene rings is 2. The smallest absolute Gasteiger partial charge is 0.261 e. The number of likely N-dealkylation sites (N-methyl/N-ethyl adjacent to an activating group) is 1. The van der Waals surface area contributed by atoms with Gasteiger partial charge in [-0.25, -0.2) is 8.78 Å². The van der Waals surface area contributed by atoms with Crippen LogP contribution < -0.4 is 10.1 Å². The minimum atomic E-state index is -0.937. The van der Waals surface area contributed by atoms with Crippen molar-refractivity contribution in [2.24, 2.45) is 0 Å². The Morgan fingerprint density at radius 3 is 2.41 bits per heavy atom. The number of rotatable bonds is 7. The number of ether oxygens (including phenoxy) is 1. The molecule has 3 amide bonds. The maximum absolute atomic E-state index is 14.1. The van der Waals surface area contributed by atoms with E-state index in [1.54, 1.807) is 18.2 Å². The van der Waals surface area contributed by atoms with Crippen molar-refractivity contribution in [3.63, 3.8) is 0 Å². The first-order chi connectivity index (χ1) is 13.8. The molecule has 0 saturated heterocycles. The number of carbonyl (C=O) groups is 3. The Morgan fingerprint density at radius 1 is 1.10 bits per heavy atom. The van der Waals surface area contributed by atoms with E-state index in [1.807, 2.05) is 6.92 Å². The zero-order valence-electron chi connectivity index (χ0n) is 15.8. The molecule has 29 heavy (non-hydrogen) atoms. The first kappa shape index (κ1) is 20.8. The van der Waals surface area contributed by atoms with Crippen molar-refractivity contribution in [1.29, 1.82) is 0 Å². The van der Waals surface area contributed by atoms with Crippen molar-refractivity contribution in [1.82, 2.24) is 10.2 Å². The standard InChI is InChI=1S/C20H18F2N2O4S/c1-11-3-4-13-14(7-11)20(27)24(19(13)26)5-6-29-12-8-15(21)18(16(22)9-12)28-10-17(25)23-2/h3-4,7-9H,5-6,10H2,1-2H3,(H,23,25). The van der Waals surface area contributed by atoms with E-state index in [4.69, 9.17) is 4.74 Å². The number of halogens is 2. The number of hydrogen-bond donors (Lipinski definition) is 1. The molecule has 0 radical (unpaired) electrons. The molecule has 6 nitrogen and oxygen atoms in total. The van der Waals surface area contributed by atoms with Gasteiger partial charge >= 0.3 is 0 Å². The summed E-state index contributed by atoms with van der Waals surface area (Å²) in [7, 11) is 1.38. The number of carbonyl (C=O) groups excluding carboxylic acids is 3. The van der Waals surface area contributed by atoms with E-state index in [2.05, 4.69) is 5.32 Å². The minimum absolute atomic E-state index is 0.105. The SMILES string of the molecule is CNC(=O)COc1c(F)cc(SCCN2C(=O)c3ccc(C)cc3C2=O)cc1F. The van der Waals surface area contributed by atoms with Crippen LogP contribution in [0.3, 0.4) is 0 Å². The van der Waals surface area contributed by atoms with Crippen LogP contribution in [0, 0.1) is 18.6 Å². The minimum Gasteiger partial charge on any atom is -0.478 e. The molecule has 0 unspecified atom stereocenters. The van der Waals surface area contributed by atoms with Crippen molar-refractivity contribution in [2.75, 3.05) is 26.0 Å². The zero-order valence-corrected chi connectivity index (χ0v) is 16.6. The molecule has 0 atom stereocenters. The summed E-state index contributed by atoms with van der Waals surface area (Å²) in [6.45, 7) is 1.44. The van der Waals surface area contributed by atoms with Crippen molar-refractivity contribution in [3.8, 4) is 5.75 Å². The molecule has 152 valence electrons. The molecule has 3 rings (SSSR count). The Hall–Kier alpha value is -2.94. The van der Waals surface area contributed by atoms with Crippen molar-refractivity contribution >= 4 is 29.5 Å². The van der Waals surface area contributed by atoms with Crippen LogP contribution in [0.1, 0.15) is 26.3 Å². The fourth-order valence-corrected chi connectivity index (χ4v) is 3.71. The number of nitrogens with zero attached hydrogens (tertiary/aromatic N) is 1. The molecule has 1 heterocycles. The highest BCUT2D eigenvalue weighted by Crippen LogP contribution is 2.29. The highest BCUT2D eigenvalue weighted by atomic mass is 32.2. The van der Waals surface area contributed by atoms with Gasteiger partial charge in [0.15, 0.2) is 24.0 Å². The maximum Gasteiger partial charge on any atom is 0.261 e. The van der Waals surface area contributed by atoms with Crippen LogP contribution in [0.25, 0.3) is 0 Å². The van der Waals surface area contributed by atoms with E-state index in [0.29, 0.717) is 11.1 Å². The van der Waals surface area contributed by atoms with Gasteiger partial charge in [-0.15, -0.1) is 11.8 Å². The Kier molecular flexibility index (Phi) is 6.17. The van der Waals surface area contributed by atoms with Gasteiger partial charge in [0, 0.05) is 24.2 Å². The first-order valence-corrected chi connectivity index (χ1v) is 9.72. The summed E-state index contributed by atoms with van der Waals surface area (Å²) in [6.07, 6.45) is 0. The lowest BCUT2D eigenvalue weighted by atomic mass is 10.1. The number of amides is 3. The second-order valence-electron chi connectivity index (χ2n) is 6.34. The van der Waals surface area contributed by atoms with Gasteiger partial charge in [0.2, 0.25) is 0 Å². The highest BCUT2D eigenvalue weighted by molar-refractivity contribution is 7.99. The van der Waals surface area contributed by atoms with Crippen LogP contribution in [-0.4, -0.2) is 48.6 Å². The highest BCUT2D eigenvalue weighted by Gasteiger charge is 2.35. The monoisotopic (exact) mass is 420 g/mol. The molecule has 0 aliphatic carbocycles. The fourth-order valence-electron chi connectivity index (χ4n) is 2.83. The van der Waals surface area contributed by atoms with Gasteiger partial charge in [-0.2, -0.15) is 0 Å². The van der Waals surface area contributed by atoms with Gasteiger partial charge in [-0.3, -0.25) is 19.3 Å². The number of thioether (sulfide) groups is 1. The summed E-state index contributed by atoms with van der Waals surface area (Å²) in [5.74, 6) is -3.50. The van der Waals surface area contributed by atoms with Crippen molar-refractivity contribution in [3.05, 3.63) is 58.7 Å². The molecule has 1 aliphatic heterocycles. The van der Waals surface area contributed by atoms with Crippen LogP contribution in [0.15, 0.2) is 35.2 Å². The van der Waals surface area contributed by atoms with Gasteiger partial charge < -0.3 is 10.1 Å². The summed E-state index contributed by atoms with van der Waals surface area (Å²) in [4.78, 5) is 37.4. The van der Waals surface area contributed by atoms with E-state index < -0.39 is 29.9 Å². The second kappa shape index (κ2) is 8.60. The normalized spacial score (nSPS) is 12.9. The first-order valence-electron chi connectivity index (χ1n) is 8.74. The fraction of sp³-hybridized carbons (Fsp3) is 0.250. The average Bonchev–Trinajstić information content (AvgIpc) is 2.91. The Bertz CT molecular complexity index is 973. The van der Waals surface area contributed by atoms with Gasteiger partial charge in [-0.05, 0) is 31.2 Å². The third-order valence-electron chi connectivity index (χ3n) is 4.31. The second-order valence-corrected chi connectivity index (χ2v) is 7.51. The quantitative estimate of drug-likeness (QED) is 0.551. The lowest BCUT2D eigenvalue weighted by Crippen LogP contribution is -2.31. The zero-order chi connectivity index (χ0) is 21.1. The number of imide groups is 1. The lowest BCUT2D eigenvalue weighted by molar-refractivity contribution is -0.122. The summed E-state index contributed by atoms with van der Waals surface area (Å²) >= 11 is 1.10. The topological polar surface area (TPSA) is 75.7 Å². The summed E-state index contributed by atoms with van der Waals surface area (Å²) < 4.78 is 33.1. The molecule has 0 fully saturated rings. The largest absolute Gasteiger partial charge is 0.478 e. The number of nitrogens with one attached hydrogen (secondary N) is 1. The summed E-state index contributed by atoms with van der Waals surface area (Å²) in [5.41, 5.74) is 1.61. The third-order valence-corrected chi connectivity index (χ3v) is 5.26. The van der Waals surface area contributed by atoms with Gasteiger partial charge in [0.05, 0.1) is 11.1 Å². The van der Waals surface area contributed by atoms with E-state index in [1.165, 1.54) is 7.05 Å². The number of hydrogen-bond acceptors (Lipinski definition) is 5. The molecule has 0 bridgehead atoms. The summed E-state index contributed by atoms with van der Waals surface area (Å²) in [5, 5.41) is 2.28. The molecule has 9 heteroatoms. The van der Waals surface area contributed by atoms with E-state index >= 15 is 0 Å². The van der Waals surface area contributed by atoms with E-state index in [-0.39, 0.29) is 29.0 Å². The van der Waals surface area contributed by atoms with E-state index in [0.717, 1.165) is 34.4 Å². The third kappa shape index (κ3) is 4.40. The number of fused-ring (bicyclic) bond motifs is 1. The Balaban J connectivity index is 1.62. The van der Waals surface area contributed by atoms with Crippen LogP contribution >= 0.6 is 11.8 Å². The Morgan fingerprint density at radius 2 is 1.76 bits per heavy atom. The van der Waals surface area contributed by atoms with Crippen molar-refractivity contribution in [2.45, 2.75) is 11.8 Å². The molecule has 2 aromatic carbocycles. The molecular formula is C20H18F2N2O4S. The van der Waals surface area contributed by atoms with Gasteiger partial charge in [0.1, 0.15) is 0 Å². The van der Waals surface area contributed by atoms with Gasteiger partial charge in [0.25, 0.3) is 17.7 Å². The van der Waals surface area contributed by atoms with Crippen molar-refractivity contribution < 1.29 is 27.9 Å². The van der Waals surface area contributed by atoms with Crippen LogP contribution in [-0.2, 0) is 4.79 Å². The van der Waals surface area contributed by atoms with Crippen LogP contribution in [0.4, 0.5) is 8.78 Å². The predicted molar refractivity (Wildman–Crippen MR) is 103 cm³/mol. The molecule has 1 aliphatic rings. The maximum atomic E-state index is 14.1. The molecular weight excluding hydrogens is 402 g/mol. The summed E-state index contributed by atoms with van der Waals surface area (Å²) in [6, 6.07) is 7.23. The molecule has 0 spiro atoms. The lowest BCUT2D eigenvalue weighted by Gasteiger charge is -2.14. The van der Waals surface area contributed by atoms with Gasteiger partial charge in [-0.1, -0.05) is 11.6 Å². The average molecular weight is 420 g/mol. The predicted octanol–water partition coefficient (Wildman–Crippen LogP) is 2.79. The molecule has 0 aromatic heterocycles. The van der Waals surface area contributed by atoms with Crippen LogP contribution in [0.5, 0.6) is 5.75 Å². The number of aryl methyl sites for hydroxylation is 1. The van der Waals surface area contributed by atoms with Crippen LogP contribution in [0.2, 0.25) is 0 Å². The Labute approximate surface area is 170 Å². The molecule has 2 aromatic rings.